The van der Waals surface area contributed by atoms with E-state index in [1.54, 1.807) is 6.07 Å². The van der Waals surface area contributed by atoms with Crippen LogP contribution in [0.4, 0.5) is 11.4 Å². The molecule has 2 aromatic carbocycles. The van der Waals surface area contributed by atoms with Crippen molar-refractivity contribution in [2.24, 2.45) is 5.73 Å². The van der Waals surface area contributed by atoms with E-state index >= 15 is 0 Å². The molecule has 0 amide bonds. The summed E-state index contributed by atoms with van der Waals surface area (Å²) in [4.78, 5) is 0.326. The molecule has 98 valence electrons. The Morgan fingerprint density at radius 1 is 1.11 bits per heavy atom. The second-order valence-electron chi connectivity index (χ2n) is 4.10. The Morgan fingerprint density at radius 3 is 2.47 bits per heavy atom. The fourth-order valence-corrected chi connectivity index (χ4v) is 2.19. The van der Waals surface area contributed by atoms with Crippen LogP contribution in [0.15, 0.2) is 36.4 Å². The minimum absolute atomic E-state index is 0.326. The number of halogens is 2. The molecule has 0 radical (unpaired) electrons. The lowest BCUT2D eigenvalue weighted by Gasteiger charge is -2.12. The molecule has 2 nitrogen and oxygen atoms in total. The summed E-state index contributed by atoms with van der Waals surface area (Å²) < 4.78 is 0. The predicted molar refractivity (Wildman–Crippen MR) is 86.8 cm³/mol. The average Bonchev–Trinajstić information content (AvgIpc) is 2.37. The topological polar surface area (TPSA) is 38.0 Å². The first-order valence-corrected chi connectivity index (χ1v) is 6.77. The highest BCUT2D eigenvalue weighted by molar-refractivity contribution is 7.80. The number of thiocarbonyl (C=S) groups is 1. The lowest BCUT2D eigenvalue weighted by atomic mass is 10.1. The number of hydrogen-bond acceptors (Lipinski definition) is 2. The van der Waals surface area contributed by atoms with E-state index in [2.05, 4.69) is 5.32 Å². The van der Waals surface area contributed by atoms with Crippen molar-refractivity contribution in [1.29, 1.82) is 0 Å². The van der Waals surface area contributed by atoms with Gasteiger partial charge in [0.25, 0.3) is 0 Å². The van der Waals surface area contributed by atoms with Gasteiger partial charge >= 0.3 is 0 Å². The first kappa shape index (κ1) is 14.1. The molecule has 0 saturated carbocycles. The molecule has 0 aliphatic heterocycles. The maximum absolute atomic E-state index is 6.20. The van der Waals surface area contributed by atoms with Gasteiger partial charge in [-0.25, -0.2) is 0 Å². The molecule has 19 heavy (non-hydrogen) atoms. The van der Waals surface area contributed by atoms with E-state index < -0.39 is 0 Å². The van der Waals surface area contributed by atoms with Gasteiger partial charge in [-0.2, -0.15) is 0 Å². The van der Waals surface area contributed by atoms with Crippen molar-refractivity contribution >= 4 is 51.8 Å². The van der Waals surface area contributed by atoms with Gasteiger partial charge in [-0.3, -0.25) is 0 Å². The van der Waals surface area contributed by atoms with Crippen molar-refractivity contribution < 1.29 is 0 Å². The zero-order chi connectivity index (χ0) is 14.0. The molecule has 0 aliphatic carbocycles. The Hall–Kier alpha value is -1.29. The van der Waals surface area contributed by atoms with Crippen LogP contribution in [-0.4, -0.2) is 4.99 Å². The second kappa shape index (κ2) is 5.78. The normalized spacial score (nSPS) is 10.3. The summed E-state index contributed by atoms with van der Waals surface area (Å²) in [7, 11) is 0. The van der Waals surface area contributed by atoms with Crippen molar-refractivity contribution in [2.75, 3.05) is 5.32 Å². The minimum Gasteiger partial charge on any atom is -0.389 e. The Balaban J connectivity index is 2.34. The largest absolute Gasteiger partial charge is 0.389 e. The number of hydrogen-bond donors (Lipinski definition) is 2. The van der Waals surface area contributed by atoms with E-state index in [0.717, 1.165) is 22.5 Å². The molecule has 0 bridgehead atoms. The summed E-state index contributed by atoms with van der Waals surface area (Å²) in [6, 6.07) is 11.1. The molecule has 0 saturated heterocycles. The molecular weight excluding hydrogens is 299 g/mol. The summed E-state index contributed by atoms with van der Waals surface area (Å²) in [5.41, 5.74) is 8.98. The predicted octanol–water partition coefficient (Wildman–Crippen LogP) is 4.68. The molecule has 0 spiro atoms. The molecular formula is C14H12Cl2N2S. The van der Waals surface area contributed by atoms with Crippen LogP contribution in [0.1, 0.15) is 11.1 Å². The van der Waals surface area contributed by atoms with E-state index in [1.165, 1.54) is 0 Å². The summed E-state index contributed by atoms with van der Waals surface area (Å²) in [5, 5.41) is 4.52. The molecule has 0 aromatic heterocycles. The van der Waals surface area contributed by atoms with Gasteiger partial charge in [0, 0.05) is 16.3 Å². The third-order valence-corrected chi connectivity index (χ3v) is 3.75. The van der Waals surface area contributed by atoms with Crippen LogP contribution in [0.2, 0.25) is 10.0 Å². The Labute approximate surface area is 127 Å². The van der Waals surface area contributed by atoms with Crippen LogP contribution in [0.25, 0.3) is 0 Å². The van der Waals surface area contributed by atoms with E-state index in [9.17, 15) is 0 Å². The minimum atomic E-state index is 0.326. The van der Waals surface area contributed by atoms with Gasteiger partial charge in [0.1, 0.15) is 4.99 Å². The number of nitrogens with two attached hydrogens (primary N) is 1. The van der Waals surface area contributed by atoms with Crippen LogP contribution in [0.5, 0.6) is 0 Å². The first-order valence-electron chi connectivity index (χ1n) is 5.60. The number of anilines is 2. The van der Waals surface area contributed by atoms with Gasteiger partial charge in [0.15, 0.2) is 0 Å². The van der Waals surface area contributed by atoms with Gasteiger partial charge in [-0.15, -0.1) is 0 Å². The summed E-state index contributed by atoms with van der Waals surface area (Å²) in [5.74, 6) is 0. The van der Waals surface area contributed by atoms with Crippen LogP contribution >= 0.6 is 35.4 Å². The summed E-state index contributed by atoms with van der Waals surface area (Å²) >= 11 is 17.2. The third-order valence-electron chi connectivity index (χ3n) is 2.79. The maximum Gasteiger partial charge on any atom is 0.104 e. The highest BCUT2D eigenvalue weighted by atomic mass is 35.5. The van der Waals surface area contributed by atoms with E-state index in [4.69, 9.17) is 41.2 Å². The highest BCUT2D eigenvalue weighted by Crippen LogP contribution is 2.30. The van der Waals surface area contributed by atoms with Crippen molar-refractivity contribution in [1.82, 2.24) is 0 Å². The van der Waals surface area contributed by atoms with Crippen molar-refractivity contribution in [3.63, 3.8) is 0 Å². The van der Waals surface area contributed by atoms with Gasteiger partial charge in [-0.05, 0) is 42.8 Å². The van der Waals surface area contributed by atoms with Crippen LogP contribution in [0.3, 0.4) is 0 Å². The molecule has 3 N–H and O–H groups in total. The van der Waals surface area contributed by atoms with Gasteiger partial charge in [0.05, 0.1) is 10.7 Å². The Bertz CT molecular complexity index is 641. The molecule has 2 rings (SSSR count). The highest BCUT2D eigenvalue weighted by Gasteiger charge is 2.07. The molecule has 2 aromatic rings. The van der Waals surface area contributed by atoms with E-state index in [-0.39, 0.29) is 0 Å². The summed E-state index contributed by atoms with van der Waals surface area (Å²) in [6.07, 6.45) is 0. The lowest BCUT2D eigenvalue weighted by molar-refractivity contribution is 1.43. The monoisotopic (exact) mass is 310 g/mol. The quantitative estimate of drug-likeness (QED) is 0.808. The van der Waals surface area contributed by atoms with E-state index in [1.807, 2.05) is 37.3 Å². The molecule has 0 heterocycles. The van der Waals surface area contributed by atoms with E-state index in [0.29, 0.717) is 15.0 Å². The zero-order valence-electron chi connectivity index (χ0n) is 10.2. The lowest BCUT2D eigenvalue weighted by Crippen LogP contribution is -2.09. The van der Waals surface area contributed by atoms with Crippen LogP contribution in [-0.2, 0) is 0 Å². The fraction of sp³-hybridized carbons (Fsp3) is 0.0714. The SMILES string of the molecule is Cc1c(Cl)cccc1Nc1ccc(C(N)=S)cc1Cl. The summed E-state index contributed by atoms with van der Waals surface area (Å²) in [6.45, 7) is 1.95. The zero-order valence-corrected chi connectivity index (χ0v) is 12.5. The van der Waals surface area contributed by atoms with Crippen molar-refractivity contribution in [3.05, 3.63) is 57.6 Å². The number of benzene rings is 2. The number of nitrogens with one attached hydrogen (secondary N) is 1. The standard InChI is InChI=1S/C14H12Cl2N2S/c1-8-10(15)3-2-4-12(8)18-13-6-5-9(14(17)19)7-11(13)16/h2-7,18H,1H3,(H2,17,19). The first-order chi connectivity index (χ1) is 8.99. The van der Waals surface area contributed by atoms with Gasteiger partial charge in [-0.1, -0.05) is 41.5 Å². The Morgan fingerprint density at radius 2 is 1.84 bits per heavy atom. The fourth-order valence-electron chi connectivity index (χ4n) is 1.66. The molecule has 5 heteroatoms. The van der Waals surface area contributed by atoms with Crippen molar-refractivity contribution in [3.8, 4) is 0 Å². The molecule has 0 aliphatic rings. The molecule has 0 atom stereocenters. The molecule has 0 fully saturated rings. The van der Waals surface area contributed by atoms with Crippen LogP contribution < -0.4 is 11.1 Å². The van der Waals surface area contributed by atoms with Crippen molar-refractivity contribution in [2.45, 2.75) is 6.92 Å². The smallest absolute Gasteiger partial charge is 0.104 e. The third kappa shape index (κ3) is 3.18. The Kier molecular flexibility index (Phi) is 4.30. The number of rotatable bonds is 3. The molecule has 0 unspecified atom stereocenters. The second-order valence-corrected chi connectivity index (χ2v) is 5.35. The average molecular weight is 311 g/mol. The van der Waals surface area contributed by atoms with Crippen LogP contribution in [0, 0.1) is 6.92 Å². The van der Waals surface area contributed by atoms with Gasteiger partial charge < -0.3 is 11.1 Å². The van der Waals surface area contributed by atoms with Gasteiger partial charge in [0.2, 0.25) is 0 Å². The maximum atomic E-state index is 6.20.